The van der Waals surface area contributed by atoms with E-state index in [-0.39, 0.29) is 30.7 Å². The highest BCUT2D eigenvalue weighted by atomic mass is 35.5. The number of carbonyl (C=O) groups is 1. The SMILES string of the molecule is CCN(Cc1ccc(C(=O)N2CCC(CCNC)CC2)cc1)C1CC1.Cl.Cl. The van der Waals surface area contributed by atoms with Gasteiger partial charge in [0.05, 0.1) is 0 Å². The van der Waals surface area contributed by atoms with Crippen LogP contribution in [0.1, 0.15) is 54.9 Å². The fourth-order valence-electron chi connectivity index (χ4n) is 3.88. The third-order valence-electron chi connectivity index (χ3n) is 5.76. The van der Waals surface area contributed by atoms with Crippen molar-refractivity contribution in [1.29, 1.82) is 0 Å². The number of nitrogens with zero attached hydrogens (tertiary/aromatic N) is 2. The van der Waals surface area contributed by atoms with Crippen LogP contribution in [0.2, 0.25) is 0 Å². The maximum atomic E-state index is 12.7. The summed E-state index contributed by atoms with van der Waals surface area (Å²) in [5.41, 5.74) is 2.16. The molecule has 27 heavy (non-hydrogen) atoms. The Hall–Kier alpha value is -0.810. The molecule has 2 aliphatic rings. The molecule has 1 aromatic carbocycles. The predicted molar refractivity (Wildman–Crippen MR) is 117 cm³/mol. The molecule has 0 atom stereocenters. The summed E-state index contributed by atoms with van der Waals surface area (Å²) in [5, 5.41) is 3.22. The van der Waals surface area contributed by atoms with Gasteiger partial charge in [0.2, 0.25) is 0 Å². The Morgan fingerprint density at radius 2 is 1.74 bits per heavy atom. The zero-order chi connectivity index (χ0) is 17.6. The van der Waals surface area contributed by atoms with Crippen molar-refractivity contribution in [2.45, 2.75) is 51.6 Å². The Labute approximate surface area is 176 Å². The average Bonchev–Trinajstić information content (AvgIpc) is 3.50. The highest BCUT2D eigenvalue weighted by Crippen LogP contribution is 2.28. The van der Waals surface area contributed by atoms with Gasteiger partial charge in [-0.1, -0.05) is 19.1 Å². The van der Waals surface area contributed by atoms with Gasteiger partial charge in [-0.25, -0.2) is 0 Å². The molecule has 1 saturated carbocycles. The average molecular weight is 416 g/mol. The first-order valence-corrected chi connectivity index (χ1v) is 9.98. The molecular weight excluding hydrogens is 381 g/mol. The van der Waals surface area contributed by atoms with Crippen LogP contribution in [-0.2, 0) is 6.54 Å². The second-order valence-electron chi connectivity index (χ2n) is 7.62. The summed E-state index contributed by atoms with van der Waals surface area (Å²) in [6.45, 7) is 7.23. The molecule has 1 amide bonds. The number of rotatable bonds is 8. The van der Waals surface area contributed by atoms with Crippen molar-refractivity contribution in [2.75, 3.05) is 33.2 Å². The Balaban J connectivity index is 0.00000182. The zero-order valence-electron chi connectivity index (χ0n) is 16.7. The van der Waals surface area contributed by atoms with E-state index in [0.29, 0.717) is 0 Å². The largest absolute Gasteiger partial charge is 0.339 e. The van der Waals surface area contributed by atoms with Crippen LogP contribution in [0.25, 0.3) is 0 Å². The second-order valence-corrected chi connectivity index (χ2v) is 7.62. The lowest BCUT2D eigenvalue weighted by Gasteiger charge is -2.32. The number of hydrogen-bond acceptors (Lipinski definition) is 3. The summed E-state index contributed by atoms with van der Waals surface area (Å²) < 4.78 is 0. The van der Waals surface area contributed by atoms with Gasteiger partial charge < -0.3 is 10.2 Å². The van der Waals surface area contributed by atoms with Gasteiger partial charge in [-0.05, 0) is 75.9 Å². The third-order valence-corrected chi connectivity index (χ3v) is 5.76. The zero-order valence-corrected chi connectivity index (χ0v) is 18.3. The summed E-state index contributed by atoms with van der Waals surface area (Å²) in [5.74, 6) is 0.967. The van der Waals surface area contributed by atoms with Gasteiger partial charge in [0.1, 0.15) is 0 Å². The molecule has 1 heterocycles. The molecule has 0 bridgehead atoms. The van der Waals surface area contributed by atoms with E-state index in [9.17, 15) is 4.79 Å². The summed E-state index contributed by atoms with van der Waals surface area (Å²) in [6.07, 6.45) is 6.18. The number of amides is 1. The highest BCUT2D eigenvalue weighted by Gasteiger charge is 2.28. The van der Waals surface area contributed by atoms with Gasteiger partial charge in [-0.2, -0.15) is 0 Å². The molecule has 0 spiro atoms. The summed E-state index contributed by atoms with van der Waals surface area (Å²) in [6, 6.07) is 9.10. The fourth-order valence-corrected chi connectivity index (χ4v) is 3.88. The van der Waals surface area contributed by atoms with E-state index in [4.69, 9.17) is 0 Å². The molecule has 0 unspecified atom stereocenters. The van der Waals surface area contributed by atoms with Gasteiger partial charge in [0.15, 0.2) is 0 Å². The third kappa shape index (κ3) is 6.94. The molecule has 1 N–H and O–H groups in total. The van der Waals surface area contributed by atoms with Gasteiger partial charge in [-0.3, -0.25) is 9.69 Å². The lowest BCUT2D eigenvalue weighted by molar-refractivity contribution is 0.0687. The minimum atomic E-state index is 0. The molecule has 1 aliphatic carbocycles. The molecule has 6 heteroatoms. The lowest BCUT2D eigenvalue weighted by Crippen LogP contribution is -2.39. The molecule has 3 rings (SSSR count). The number of piperidine rings is 1. The number of likely N-dealkylation sites (tertiary alicyclic amines) is 1. The van der Waals surface area contributed by atoms with E-state index in [1.165, 1.54) is 24.8 Å². The van der Waals surface area contributed by atoms with E-state index in [1.807, 2.05) is 24.1 Å². The first-order valence-electron chi connectivity index (χ1n) is 9.98. The van der Waals surface area contributed by atoms with E-state index < -0.39 is 0 Å². The topological polar surface area (TPSA) is 35.6 Å². The van der Waals surface area contributed by atoms with E-state index in [1.54, 1.807) is 0 Å². The smallest absolute Gasteiger partial charge is 0.253 e. The molecular formula is C21H35Cl2N3O. The van der Waals surface area contributed by atoms with Gasteiger partial charge in [0, 0.05) is 31.2 Å². The molecule has 4 nitrogen and oxygen atoms in total. The Morgan fingerprint density at radius 3 is 2.26 bits per heavy atom. The fraction of sp³-hybridized carbons (Fsp3) is 0.667. The Morgan fingerprint density at radius 1 is 1.11 bits per heavy atom. The summed E-state index contributed by atoms with van der Waals surface area (Å²) >= 11 is 0. The number of halogens is 2. The highest BCUT2D eigenvalue weighted by molar-refractivity contribution is 5.94. The van der Waals surface area contributed by atoms with Crippen LogP contribution >= 0.6 is 24.8 Å². The van der Waals surface area contributed by atoms with Crippen molar-refractivity contribution in [2.24, 2.45) is 5.92 Å². The quantitative estimate of drug-likeness (QED) is 0.697. The molecule has 1 saturated heterocycles. The van der Waals surface area contributed by atoms with Crippen LogP contribution in [0, 0.1) is 5.92 Å². The summed E-state index contributed by atoms with van der Waals surface area (Å²) in [4.78, 5) is 17.3. The monoisotopic (exact) mass is 415 g/mol. The van der Waals surface area contributed by atoms with E-state index in [0.717, 1.165) is 63.1 Å². The first-order chi connectivity index (χ1) is 12.2. The van der Waals surface area contributed by atoms with Crippen LogP contribution in [0.5, 0.6) is 0 Å². The van der Waals surface area contributed by atoms with Crippen molar-refractivity contribution in [3.05, 3.63) is 35.4 Å². The van der Waals surface area contributed by atoms with Crippen LogP contribution < -0.4 is 5.32 Å². The number of carbonyl (C=O) groups excluding carboxylic acids is 1. The van der Waals surface area contributed by atoms with E-state index in [2.05, 4.69) is 29.3 Å². The molecule has 0 aromatic heterocycles. The Kier molecular flexibility index (Phi) is 10.7. The first kappa shape index (κ1) is 24.2. The van der Waals surface area contributed by atoms with Crippen LogP contribution in [-0.4, -0.2) is 55.0 Å². The molecule has 154 valence electrons. The van der Waals surface area contributed by atoms with Crippen molar-refractivity contribution in [1.82, 2.24) is 15.1 Å². The molecule has 2 fully saturated rings. The van der Waals surface area contributed by atoms with Gasteiger partial charge >= 0.3 is 0 Å². The molecule has 0 radical (unpaired) electrons. The van der Waals surface area contributed by atoms with Crippen molar-refractivity contribution >= 4 is 30.7 Å². The molecule has 1 aliphatic heterocycles. The minimum Gasteiger partial charge on any atom is -0.339 e. The Bertz CT molecular complexity index is 555. The van der Waals surface area contributed by atoms with Gasteiger partial charge in [0.25, 0.3) is 5.91 Å². The number of hydrogen-bond donors (Lipinski definition) is 1. The maximum Gasteiger partial charge on any atom is 0.253 e. The number of nitrogens with one attached hydrogen (secondary N) is 1. The minimum absolute atomic E-state index is 0. The van der Waals surface area contributed by atoms with E-state index >= 15 is 0 Å². The second kappa shape index (κ2) is 11.9. The normalized spacial score (nSPS) is 17.4. The standard InChI is InChI=1S/C21H33N3O.2ClH/c1-3-23(20-8-9-20)16-18-4-6-19(7-5-18)21(25)24-14-11-17(12-15-24)10-13-22-2;;/h4-7,17,20,22H,3,8-16H2,1-2H3;2*1H. The van der Waals surface area contributed by atoms with Gasteiger partial charge in [-0.15, -0.1) is 24.8 Å². The van der Waals surface area contributed by atoms with Crippen molar-refractivity contribution in [3.8, 4) is 0 Å². The molecule has 1 aromatic rings. The predicted octanol–water partition coefficient (Wildman–Crippen LogP) is 3.98. The van der Waals surface area contributed by atoms with Crippen LogP contribution in [0.3, 0.4) is 0 Å². The van der Waals surface area contributed by atoms with Crippen molar-refractivity contribution in [3.63, 3.8) is 0 Å². The maximum absolute atomic E-state index is 12.7. The number of benzene rings is 1. The van der Waals surface area contributed by atoms with Crippen LogP contribution in [0.4, 0.5) is 0 Å². The lowest BCUT2D eigenvalue weighted by atomic mass is 9.93. The van der Waals surface area contributed by atoms with Crippen molar-refractivity contribution < 1.29 is 4.79 Å². The summed E-state index contributed by atoms with van der Waals surface area (Å²) in [7, 11) is 2.01. The van der Waals surface area contributed by atoms with Crippen LogP contribution in [0.15, 0.2) is 24.3 Å².